The van der Waals surface area contributed by atoms with E-state index in [0.29, 0.717) is 19.4 Å². The summed E-state index contributed by atoms with van der Waals surface area (Å²) in [6.07, 6.45) is 25.1. The Morgan fingerprint density at radius 1 is 0.627 bits per heavy atom. The summed E-state index contributed by atoms with van der Waals surface area (Å²) in [6.45, 7) is 8.46. The van der Waals surface area contributed by atoms with Gasteiger partial charge in [0.25, 0.3) is 0 Å². The summed E-state index contributed by atoms with van der Waals surface area (Å²) < 4.78 is 45.8. The molecule has 1 unspecified atom stereocenters. The van der Waals surface area contributed by atoms with Gasteiger partial charge in [-0.1, -0.05) is 104 Å². The van der Waals surface area contributed by atoms with Gasteiger partial charge in [-0.2, -0.15) is 0 Å². The van der Waals surface area contributed by atoms with E-state index in [4.69, 9.17) is 27.4 Å². The average Bonchev–Trinajstić information content (AvgIpc) is 3.73. The molecule has 0 saturated heterocycles. The van der Waals surface area contributed by atoms with Crippen LogP contribution in [0.4, 0.5) is 0 Å². The molecule has 340 valence electrons. The number of phosphoric acid groups is 1. The summed E-state index contributed by atoms with van der Waals surface area (Å²) in [5.41, 5.74) is 2.53. The van der Waals surface area contributed by atoms with Gasteiger partial charge in [0, 0.05) is 45.1 Å². The summed E-state index contributed by atoms with van der Waals surface area (Å²) in [4.78, 5) is 37.3. The van der Waals surface area contributed by atoms with E-state index in [1.54, 1.807) is 0 Å². The first-order chi connectivity index (χ1) is 28.4. The Labute approximate surface area is 357 Å². The van der Waals surface area contributed by atoms with Gasteiger partial charge < -0.3 is 28.1 Å². The van der Waals surface area contributed by atoms with E-state index in [0.717, 1.165) is 107 Å². The van der Waals surface area contributed by atoms with Crippen LogP contribution in [-0.4, -0.2) is 68.3 Å². The quantitative estimate of drug-likeness (QED) is 0.0392. The second-order valence-electron chi connectivity index (χ2n) is 16.7. The standard InChI is InChI=1S/C47H82NO10P/c1-7-9-21-27-41-35-39(3)44(56-41)29-23-17-13-11-12-14-20-26-32-47(50)58-43(38-55-59(51,52)54-34-33-48(5)6)37-53-46(49)31-25-19-16-15-18-24-30-45-40(4)36-42(57-45)28-22-10-8-2/h35-36,43H,7-34,37-38H2,1-6H3,(H,51,52)/t43-/m1/s1. The van der Waals surface area contributed by atoms with Crippen LogP contribution in [0.3, 0.4) is 0 Å². The maximum absolute atomic E-state index is 12.8. The molecule has 2 atom stereocenters. The highest BCUT2D eigenvalue weighted by Crippen LogP contribution is 2.43. The Kier molecular flexibility index (Phi) is 28.9. The molecule has 0 aromatic carbocycles. The Bertz CT molecular complexity index is 1440. The van der Waals surface area contributed by atoms with Crippen LogP contribution >= 0.6 is 7.82 Å². The number of furan rings is 2. The second kappa shape index (κ2) is 32.3. The van der Waals surface area contributed by atoms with Crippen molar-refractivity contribution in [2.75, 3.05) is 40.5 Å². The first-order valence-corrected chi connectivity index (χ1v) is 24.7. The van der Waals surface area contributed by atoms with Gasteiger partial charge in [0.2, 0.25) is 0 Å². The minimum atomic E-state index is -4.39. The molecule has 11 nitrogen and oxygen atoms in total. The van der Waals surface area contributed by atoms with Crippen LogP contribution in [0.5, 0.6) is 0 Å². The molecule has 2 rings (SSSR count). The van der Waals surface area contributed by atoms with Crippen LogP contribution in [0, 0.1) is 13.8 Å². The molecule has 0 aliphatic heterocycles. The molecule has 2 aromatic heterocycles. The van der Waals surface area contributed by atoms with Crippen LogP contribution in [0.15, 0.2) is 21.0 Å². The van der Waals surface area contributed by atoms with Gasteiger partial charge in [0.15, 0.2) is 6.10 Å². The topological polar surface area (TPSA) is 138 Å². The lowest BCUT2D eigenvalue weighted by Gasteiger charge is -2.20. The normalized spacial score (nSPS) is 13.2. The lowest BCUT2D eigenvalue weighted by atomic mass is 10.1. The van der Waals surface area contributed by atoms with Crippen LogP contribution in [0.25, 0.3) is 0 Å². The van der Waals surface area contributed by atoms with Gasteiger partial charge in [-0.3, -0.25) is 18.6 Å². The van der Waals surface area contributed by atoms with Gasteiger partial charge in [0.1, 0.15) is 29.6 Å². The number of nitrogens with zero attached hydrogens (tertiary/aromatic N) is 1. The second-order valence-corrected chi connectivity index (χ2v) is 18.2. The smallest absolute Gasteiger partial charge is 0.466 e. The van der Waals surface area contributed by atoms with E-state index in [-0.39, 0.29) is 26.1 Å². The molecule has 0 spiro atoms. The molecule has 12 heteroatoms. The lowest BCUT2D eigenvalue weighted by Crippen LogP contribution is -2.29. The summed E-state index contributed by atoms with van der Waals surface area (Å²) in [5.74, 6) is 3.64. The minimum absolute atomic E-state index is 0.00539. The van der Waals surface area contributed by atoms with Crippen molar-refractivity contribution in [3.63, 3.8) is 0 Å². The van der Waals surface area contributed by atoms with Gasteiger partial charge >= 0.3 is 19.8 Å². The lowest BCUT2D eigenvalue weighted by molar-refractivity contribution is -0.161. The number of aryl methyl sites for hydroxylation is 6. The number of hydrogen-bond donors (Lipinski definition) is 1. The molecule has 0 radical (unpaired) electrons. The van der Waals surface area contributed by atoms with Crippen molar-refractivity contribution >= 4 is 19.8 Å². The summed E-state index contributed by atoms with van der Waals surface area (Å²) in [6, 6.07) is 4.40. The molecular formula is C47H82NO10P. The van der Waals surface area contributed by atoms with Crippen LogP contribution in [-0.2, 0) is 58.4 Å². The summed E-state index contributed by atoms with van der Waals surface area (Å²) in [7, 11) is -0.747. The van der Waals surface area contributed by atoms with Gasteiger partial charge in [-0.25, -0.2) is 4.57 Å². The maximum Gasteiger partial charge on any atom is 0.472 e. The predicted octanol–water partition coefficient (Wildman–Crippen LogP) is 12.1. The van der Waals surface area contributed by atoms with Crippen molar-refractivity contribution in [1.82, 2.24) is 4.90 Å². The average molecular weight is 852 g/mol. The van der Waals surface area contributed by atoms with Crippen molar-refractivity contribution in [3.8, 4) is 0 Å². The Hall–Kier alpha value is -2.43. The number of phosphoric ester groups is 1. The fourth-order valence-electron chi connectivity index (χ4n) is 7.07. The van der Waals surface area contributed by atoms with Crippen molar-refractivity contribution in [3.05, 3.63) is 46.3 Å². The molecular weight excluding hydrogens is 769 g/mol. The number of unbranched alkanes of at least 4 members (excludes halogenated alkanes) is 16. The number of ether oxygens (including phenoxy) is 2. The van der Waals surface area contributed by atoms with Crippen LogP contribution < -0.4 is 0 Å². The SMILES string of the molecule is CCCCCc1cc(C)c(CCCCCCCCCCC(=O)O[C@H](COC(=O)CCCCCCCCc2oc(CCCCC)cc2C)COP(=O)(O)OCCN(C)C)o1. The third kappa shape index (κ3) is 26.5. The van der Waals surface area contributed by atoms with E-state index in [1.807, 2.05) is 19.0 Å². The Morgan fingerprint density at radius 3 is 1.54 bits per heavy atom. The van der Waals surface area contributed by atoms with Crippen LogP contribution in [0.2, 0.25) is 0 Å². The van der Waals surface area contributed by atoms with Crippen molar-refractivity contribution in [1.29, 1.82) is 0 Å². The van der Waals surface area contributed by atoms with E-state index >= 15 is 0 Å². The predicted molar refractivity (Wildman–Crippen MR) is 236 cm³/mol. The van der Waals surface area contributed by atoms with Gasteiger partial charge in [-0.05, 0) is 89.7 Å². The van der Waals surface area contributed by atoms with Gasteiger partial charge in [0.05, 0.1) is 13.2 Å². The minimum Gasteiger partial charge on any atom is -0.466 e. The number of likely N-dealkylation sites (N-methyl/N-ethyl adjacent to an activating group) is 1. The van der Waals surface area contributed by atoms with Crippen molar-refractivity contribution < 1.29 is 46.4 Å². The number of esters is 2. The molecule has 0 aliphatic rings. The zero-order valence-electron chi connectivity index (χ0n) is 38.0. The fraction of sp³-hybridized carbons (Fsp3) is 0.787. The van der Waals surface area contributed by atoms with E-state index in [1.165, 1.54) is 68.9 Å². The molecule has 0 fully saturated rings. The highest BCUT2D eigenvalue weighted by molar-refractivity contribution is 7.47. The highest BCUT2D eigenvalue weighted by atomic mass is 31.2. The zero-order valence-corrected chi connectivity index (χ0v) is 38.9. The zero-order chi connectivity index (χ0) is 43.1. The largest absolute Gasteiger partial charge is 0.472 e. The monoisotopic (exact) mass is 852 g/mol. The van der Waals surface area contributed by atoms with E-state index in [2.05, 4.69) is 39.8 Å². The molecule has 2 aromatic rings. The molecule has 2 heterocycles. The van der Waals surface area contributed by atoms with Gasteiger partial charge in [-0.15, -0.1) is 0 Å². The van der Waals surface area contributed by atoms with E-state index in [9.17, 15) is 19.0 Å². The molecule has 1 N–H and O–H groups in total. The highest BCUT2D eigenvalue weighted by Gasteiger charge is 2.26. The Balaban J connectivity index is 1.62. The number of rotatable bonds is 38. The van der Waals surface area contributed by atoms with Crippen molar-refractivity contribution in [2.45, 2.75) is 201 Å². The third-order valence-electron chi connectivity index (χ3n) is 10.7. The molecule has 0 amide bonds. The molecule has 0 saturated carbocycles. The maximum atomic E-state index is 12.8. The number of carbonyl (C=O) groups is 2. The third-order valence-corrected chi connectivity index (χ3v) is 11.7. The Morgan fingerprint density at radius 2 is 1.07 bits per heavy atom. The number of carbonyl (C=O) groups excluding carboxylic acids is 2. The fourth-order valence-corrected chi connectivity index (χ4v) is 7.81. The molecule has 59 heavy (non-hydrogen) atoms. The summed E-state index contributed by atoms with van der Waals surface area (Å²) in [5, 5.41) is 0. The first kappa shape index (κ1) is 52.7. The molecule has 0 aliphatic carbocycles. The number of hydrogen-bond acceptors (Lipinski definition) is 10. The molecule has 0 bridgehead atoms. The van der Waals surface area contributed by atoms with Crippen molar-refractivity contribution in [2.24, 2.45) is 0 Å². The summed E-state index contributed by atoms with van der Waals surface area (Å²) >= 11 is 0. The first-order valence-electron chi connectivity index (χ1n) is 23.2. The van der Waals surface area contributed by atoms with E-state index < -0.39 is 32.5 Å². The van der Waals surface area contributed by atoms with Crippen LogP contribution in [0.1, 0.15) is 189 Å².